The first-order chi connectivity index (χ1) is 2.81. The molecule has 0 bridgehead atoms. The second kappa shape index (κ2) is 3.07. The smallest absolute Gasteiger partial charge is 0.399 e. The van der Waals surface area contributed by atoms with E-state index in [0.29, 0.717) is 0 Å². The fourth-order valence-corrected chi connectivity index (χ4v) is 0.0248. The normalized spacial score (nSPS) is 8.50. The molecule has 0 heterocycles. The van der Waals surface area contributed by atoms with Crippen LogP contribution in [0.4, 0.5) is 0 Å². The largest absolute Gasteiger partial charge is 0.682 e. The van der Waals surface area contributed by atoms with Gasteiger partial charge in [-0.05, 0) is 0 Å². The van der Waals surface area contributed by atoms with E-state index >= 15 is 0 Å². The Hall–Kier alpha value is -0.135. The molecule has 0 radical (unpaired) electrons. The second-order valence-electron chi connectivity index (χ2n) is 0.549. The van der Waals surface area contributed by atoms with Crippen molar-refractivity contribution < 1.29 is 19.8 Å². The molecule has 0 aromatic rings. The molecule has 0 saturated heterocycles. The molecule has 0 unspecified atom stereocenters. The van der Waals surface area contributed by atoms with Gasteiger partial charge in [-0.25, -0.2) is 10.7 Å². The molecule has 5 nitrogen and oxygen atoms in total. The zero-order valence-corrected chi connectivity index (χ0v) is 2.87. The Kier molecular flexibility index (Phi) is 3.00. The minimum atomic E-state index is -1.73. The Morgan fingerprint density at radius 2 is 2.17 bits per heavy atom. The van der Waals surface area contributed by atoms with E-state index in [1.807, 2.05) is 0 Å². The van der Waals surface area contributed by atoms with Gasteiger partial charge >= 0.3 is 7.32 Å². The van der Waals surface area contributed by atoms with Crippen LogP contribution < -0.4 is 5.90 Å². The van der Waals surface area contributed by atoms with Crippen molar-refractivity contribution in [3.8, 4) is 0 Å². The third kappa shape index (κ3) is 2.12. The predicted molar refractivity (Wildman–Crippen MR) is 17.0 cm³/mol. The summed E-state index contributed by atoms with van der Waals surface area (Å²) in [5.41, 5.74) is 0. The van der Waals surface area contributed by atoms with Gasteiger partial charge in [-0.2, -0.15) is 0 Å². The zero-order chi connectivity index (χ0) is 4.99. The molecule has 4 N–H and O–H groups in total. The third-order valence-electron chi connectivity index (χ3n) is 0.207. The van der Waals surface area contributed by atoms with Crippen LogP contribution in [0.15, 0.2) is 0 Å². The molecule has 0 aliphatic heterocycles. The lowest BCUT2D eigenvalue weighted by Crippen LogP contribution is -2.24. The van der Waals surface area contributed by atoms with Gasteiger partial charge < -0.3 is 9.78 Å². The van der Waals surface area contributed by atoms with Crippen molar-refractivity contribution in [1.29, 1.82) is 0 Å². The maximum atomic E-state index is 7.85. The summed E-state index contributed by atoms with van der Waals surface area (Å²) >= 11 is 0. The first kappa shape index (κ1) is 5.86. The molecule has 0 amide bonds. The highest BCUT2D eigenvalue weighted by molar-refractivity contribution is 6.33. The third-order valence-corrected chi connectivity index (χ3v) is 0.207. The molecule has 0 spiro atoms. The number of rotatable bonds is 2. The summed E-state index contributed by atoms with van der Waals surface area (Å²) < 4.78 is 3.48. The molecule has 0 rings (SSSR count). The number of nitrogens with two attached hydrogens (primary N) is 1. The molecule has 36 valence electrons. The van der Waals surface area contributed by atoms with Crippen LogP contribution in [0.25, 0.3) is 0 Å². The van der Waals surface area contributed by atoms with E-state index in [-0.39, 0.29) is 0 Å². The summed E-state index contributed by atoms with van der Waals surface area (Å²) in [7, 11) is -1.73. The summed E-state index contributed by atoms with van der Waals surface area (Å²) in [4.78, 5) is 3.11. The van der Waals surface area contributed by atoms with Crippen molar-refractivity contribution in [2.45, 2.75) is 0 Å². The fourth-order valence-electron chi connectivity index (χ4n) is 0.0248. The summed E-state index contributed by atoms with van der Waals surface area (Å²) in [5, 5.41) is 15.2. The SMILES string of the molecule is NOB(O)OO. The Morgan fingerprint density at radius 1 is 1.67 bits per heavy atom. The van der Waals surface area contributed by atoms with Crippen LogP contribution in [-0.2, 0) is 9.56 Å². The molecule has 0 aliphatic carbocycles. The van der Waals surface area contributed by atoms with E-state index in [1.165, 1.54) is 0 Å². The minimum Gasteiger partial charge on any atom is -0.399 e. The second-order valence-corrected chi connectivity index (χ2v) is 0.549. The Bertz CT molecular complexity index is 26.7. The first-order valence-corrected chi connectivity index (χ1v) is 1.15. The van der Waals surface area contributed by atoms with Crippen molar-refractivity contribution in [2.75, 3.05) is 0 Å². The molecular formula is H4BNO4. The summed E-state index contributed by atoms with van der Waals surface area (Å²) in [6.07, 6.45) is 0. The number of hydrogen-bond acceptors (Lipinski definition) is 5. The number of hydrogen-bond donors (Lipinski definition) is 3. The van der Waals surface area contributed by atoms with Crippen LogP contribution in [0.5, 0.6) is 0 Å². The maximum absolute atomic E-state index is 7.85. The van der Waals surface area contributed by atoms with Gasteiger partial charge in [-0.1, -0.05) is 0 Å². The molecule has 0 aliphatic rings. The van der Waals surface area contributed by atoms with Gasteiger partial charge in [0.1, 0.15) is 0 Å². The standard InChI is InChI=1S/BH4NO4/c2-5-1(3)6-4/h3-4H,2H2. The van der Waals surface area contributed by atoms with Crippen LogP contribution in [0.2, 0.25) is 0 Å². The van der Waals surface area contributed by atoms with Gasteiger partial charge in [-0.15, -0.1) is 0 Å². The Labute approximate surface area is 34.3 Å². The van der Waals surface area contributed by atoms with E-state index < -0.39 is 7.32 Å². The van der Waals surface area contributed by atoms with E-state index in [9.17, 15) is 0 Å². The molecule has 6 heavy (non-hydrogen) atoms. The molecule has 0 aromatic heterocycles. The lowest BCUT2D eigenvalue weighted by Gasteiger charge is -1.91. The highest BCUT2D eigenvalue weighted by Gasteiger charge is 2.11. The monoisotopic (exact) mass is 93.0 g/mol. The summed E-state index contributed by atoms with van der Waals surface area (Å²) in [6, 6.07) is 0. The average Bonchev–Trinajstić information content (AvgIpc) is 1.65. The van der Waals surface area contributed by atoms with E-state index in [2.05, 4.69) is 15.5 Å². The Morgan fingerprint density at radius 3 is 2.17 bits per heavy atom. The van der Waals surface area contributed by atoms with Crippen LogP contribution in [0.3, 0.4) is 0 Å². The van der Waals surface area contributed by atoms with Gasteiger partial charge in [0.2, 0.25) is 0 Å². The van der Waals surface area contributed by atoms with Crippen molar-refractivity contribution >= 4 is 7.32 Å². The fraction of sp³-hybridized carbons (Fsp3) is 0. The summed E-state index contributed by atoms with van der Waals surface area (Å²) in [5.74, 6) is 4.25. The molecule has 6 heteroatoms. The van der Waals surface area contributed by atoms with Crippen molar-refractivity contribution in [3.05, 3.63) is 0 Å². The first-order valence-electron chi connectivity index (χ1n) is 1.15. The molecular weight excluding hydrogens is 88.8 g/mol. The van der Waals surface area contributed by atoms with Gasteiger partial charge in [0.25, 0.3) is 0 Å². The lowest BCUT2D eigenvalue weighted by atomic mass is 10.3. The van der Waals surface area contributed by atoms with Crippen LogP contribution in [0.1, 0.15) is 0 Å². The van der Waals surface area contributed by atoms with E-state index in [4.69, 9.17) is 10.3 Å². The van der Waals surface area contributed by atoms with E-state index in [0.717, 1.165) is 0 Å². The minimum absolute atomic E-state index is 1.73. The molecule has 0 fully saturated rings. The van der Waals surface area contributed by atoms with Gasteiger partial charge in [-0.3, -0.25) is 5.26 Å². The van der Waals surface area contributed by atoms with Crippen LogP contribution in [0, 0.1) is 0 Å². The van der Waals surface area contributed by atoms with Gasteiger partial charge in [0.15, 0.2) is 0 Å². The highest BCUT2D eigenvalue weighted by Crippen LogP contribution is 1.67. The average molecular weight is 92.8 g/mol. The highest BCUT2D eigenvalue weighted by atomic mass is 17.1. The van der Waals surface area contributed by atoms with E-state index in [1.54, 1.807) is 0 Å². The Balaban J connectivity index is 2.75. The lowest BCUT2D eigenvalue weighted by molar-refractivity contribution is -0.178. The van der Waals surface area contributed by atoms with Gasteiger partial charge in [0.05, 0.1) is 0 Å². The molecule has 0 atom stereocenters. The maximum Gasteiger partial charge on any atom is 0.682 e. The topological polar surface area (TPSA) is 84.9 Å². The van der Waals surface area contributed by atoms with Gasteiger partial charge in [0, 0.05) is 0 Å². The predicted octanol–water partition coefficient (Wildman–Crippen LogP) is -1.66. The quantitative estimate of drug-likeness (QED) is 0.216. The van der Waals surface area contributed by atoms with Crippen molar-refractivity contribution in [3.63, 3.8) is 0 Å². The zero-order valence-electron chi connectivity index (χ0n) is 2.87. The van der Waals surface area contributed by atoms with Crippen LogP contribution in [-0.4, -0.2) is 17.6 Å². The summed E-state index contributed by atoms with van der Waals surface area (Å²) in [6.45, 7) is 0. The van der Waals surface area contributed by atoms with Crippen LogP contribution >= 0.6 is 0 Å². The molecule has 0 aromatic carbocycles. The van der Waals surface area contributed by atoms with Crippen molar-refractivity contribution in [1.82, 2.24) is 0 Å². The van der Waals surface area contributed by atoms with Crippen molar-refractivity contribution in [2.24, 2.45) is 5.90 Å². The molecule has 0 saturated carbocycles.